The van der Waals surface area contributed by atoms with Crippen molar-refractivity contribution in [3.8, 4) is 0 Å². The molecule has 0 aromatic carbocycles. The highest BCUT2D eigenvalue weighted by molar-refractivity contribution is 5.76. The highest BCUT2D eigenvalue weighted by Gasteiger charge is 2.28. The molecule has 5 heteroatoms. The minimum atomic E-state index is 0.0761. The first-order chi connectivity index (χ1) is 7.76. The van der Waals surface area contributed by atoms with Crippen LogP contribution < -0.4 is 10.6 Å². The fourth-order valence-electron chi connectivity index (χ4n) is 1.70. The van der Waals surface area contributed by atoms with E-state index >= 15 is 0 Å². The zero-order chi connectivity index (χ0) is 11.8. The number of hydrogen-bond acceptors (Lipinski definition) is 4. The van der Waals surface area contributed by atoms with E-state index in [0.717, 1.165) is 19.4 Å². The van der Waals surface area contributed by atoms with E-state index in [-0.39, 0.29) is 5.91 Å². The Morgan fingerprint density at radius 3 is 2.69 bits per heavy atom. The lowest BCUT2D eigenvalue weighted by Gasteiger charge is -2.34. The summed E-state index contributed by atoms with van der Waals surface area (Å²) in [5.74, 6) is 0.0761. The fourth-order valence-corrected chi connectivity index (χ4v) is 1.70. The Morgan fingerprint density at radius 2 is 2.06 bits per heavy atom. The molecule has 0 unspecified atom stereocenters. The van der Waals surface area contributed by atoms with Crippen molar-refractivity contribution >= 4 is 5.91 Å². The summed E-state index contributed by atoms with van der Waals surface area (Å²) in [6, 6.07) is 0.525. The van der Waals surface area contributed by atoms with Crippen LogP contribution in [0.15, 0.2) is 0 Å². The Morgan fingerprint density at radius 1 is 1.31 bits per heavy atom. The van der Waals surface area contributed by atoms with Crippen LogP contribution in [0.1, 0.15) is 19.3 Å². The maximum absolute atomic E-state index is 11.3. The number of nitrogens with one attached hydrogen (secondary N) is 2. The van der Waals surface area contributed by atoms with Crippen LogP contribution in [0.3, 0.4) is 0 Å². The maximum Gasteiger partial charge on any atom is 0.221 e. The quantitative estimate of drug-likeness (QED) is 0.572. The van der Waals surface area contributed by atoms with Gasteiger partial charge in [-0.25, -0.2) is 0 Å². The summed E-state index contributed by atoms with van der Waals surface area (Å²) < 4.78 is 10.0. The van der Waals surface area contributed by atoms with E-state index in [0.29, 0.717) is 31.7 Å². The van der Waals surface area contributed by atoms with Crippen molar-refractivity contribution in [2.75, 3.05) is 33.9 Å². The van der Waals surface area contributed by atoms with Crippen molar-refractivity contribution in [2.45, 2.75) is 31.4 Å². The number of methoxy groups -OCH3 is 2. The topological polar surface area (TPSA) is 59.6 Å². The third-order valence-corrected chi connectivity index (χ3v) is 2.84. The van der Waals surface area contributed by atoms with E-state index in [1.165, 1.54) is 0 Å². The Hall–Kier alpha value is -0.650. The normalized spacial score (nSPS) is 23.9. The summed E-state index contributed by atoms with van der Waals surface area (Å²) in [6.45, 7) is 1.89. The number of rotatable bonds is 8. The number of carbonyl (C=O) groups is 1. The second-order valence-corrected chi connectivity index (χ2v) is 4.07. The van der Waals surface area contributed by atoms with Crippen molar-refractivity contribution in [3.63, 3.8) is 0 Å². The lowest BCUT2D eigenvalue weighted by atomic mass is 9.89. The lowest BCUT2D eigenvalue weighted by Crippen LogP contribution is -2.46. The molecule has 1 aliphatic rings. The molecule has 0 bridgehead atoms. The van der Waals surface area contributed by atoms with Crippen molar-refractivity contribution in [2.24, 2.45) is 0 Å². The summed E-state index contributed by atoms with van der Waals surface area (Å²) in [5, 5.41) is 6.12. The van der Waals surface area contributed by atoms with Gasteiger partial charge in [0.05, 0.1) is 12.7 Å². The zero-order valence-electron chi connectivity index (χ0n) is 10.1. The predicted molar refractivity (Wildman–Crippen MR) is 61.3 cm³/mol. The molecule has 1 amide bonds. The number of ether oxygens (including phenoxy) is 2. The van der Waals surface area contributed by atoms with Gasteiger partial charge in [-0.15, -0.1) is 0 Å². The molecule has 1 fully saturated rings. The molecule has 2 N–H and O–H groups in total. The second-order valence-electron chi connectivity index (χ2n) is 4.07. The summed E-state index contributed by atoms with van der Waals surface area (Å²) in [7, 11) is 3.36. The molecule has 0 radical (unpaired) electrons. The average Bonchev–Trinajstić information content (AvgIpc) is 2.22. The molecule has 1 saturated carbocycles. The second kappa shape index (κ2) is 7.60. The smallest absolute Gasteiger partial charge is 0.221 e. The minimum absolute atomic E-state index is 0.0761. The van der Waals surface area contributed by atoms with Gasteiger partial charge in [-0.3, -0.25) is 4.79 Å². The number of amides is 1. The molecule has 5 nitrogen and oxygen atoms in total. The molecule has 16 heavy (non-hydrogen) atoms. The van der Waals surface area contributed by atoms with Crippen LogP contribution in [0.25, 0.3) is 0 Å². The first kappa shape index (κ1) is 13.4. The third kappa shape index (κ3) is 4.92. The van der Waals surface area contributed by atoms with E-state index in [4.69, 9.17) is 9.47 Å². The summed E-state index contributed by atoms with van der Waals surface area (Å²) in [5.41, 5.74) is 0. The SMILES string of the molecule is COCCNC(=O)CCNC1CC(OC)C1. The molecular weight excluding hydrogens is 208 g/mol. The minimum Gasteiger partial charge on any atom is -0.383 e. The molecule has 94 valence electrons. The van der Waals surface area contributed by atoms with Gasteiger partial charge in [0, 0.05) is 39.8 Å². The van der Waals surface area contributed by atoms with E-state index in [1.807, 2.05) is 0 Å². The molecule has 0 saturated heterocycles. The zero-order valence-corrected chi connectivity index (χ0v) is 10.1. The van der Waals surface area contributed by atoms with Gasteiger partial charge in [0.15, 0.2) is 0 Å². The Labute approximate surface area is 96.9 Å². The summed E-state index contributed by atoms with van der Waals surface area (Å²) in [4.78, 5) is 11.3. The van der Waals surface area contributed by atoms with Crippen molar-refractivity contribution in [1.29, 1.82) is 0 Å². The molecule has 1 aliphatic carbocycles. The molecule has 0 heterocycles. The monoisotopic (exact) mass is 230 g/mol. The Bertz CT molecular complexity index is 205. The van der Waals surface area contributed by atoms with Crippen LogP contribution >= 0.6 is 0 Å². The highest BCUT2D eigenvalue weighted by Crippen LogP contribution is 2.22. The van der Waals surface area contributed by atoms with Gasteiger partial charge >= 0.3 is 0 Å². The highest BCUT2D eigenvalue weighted by atomic mass is 16.5. The van der Waals surface area contributed by atoms with Crippen LogP contribution in [0.4, 0.5) is 0 Å². The molecule has 0 aromatic heterocycles. The maximum atomic E-state index is 11.3. The molecule has 1 rings (SSSR count). The first-order valence-electron chi connectivity index (χ1n) is 5.78. The summed E-state index contributed by atoms with van der Waals surface area (Å²) >= 11 is 0. The van der Waals surface area contributed by atoms with Crippen molar-refractivity contribution in [3.05, 3.63) is 0 Å². The molecule has 0 atom stereocenters. The van der Waals surface area contributed by atoms with Gasteiger partial charge < -0.3 is 20.1 Å². The van der Waals surface area contributed by atoms with Gasteiger partial charge in [-0.2, -0.15) is 0 Å². The van der Waals surface area contributed by atoms with Gasteiger partial charge in [0.1, 0.15) is 0 Å². The van der Waals surface area contributed by atoms with Crippen LogP contribution in [0, 0.1) is 0 Å². The van der Waals surface area contributed by atoms with E-state index in [1.54, 1.807) is 14.2 Å². The third-order valence-electron chi connectivity index (χ3n) is 2.84. The number of hydrogen-bond donors (Lipinski definition) is 2. The largest absolute Gasteiger partial charge is 0.383 e. The lowest BCUT2D eigenvalue weighted by molar-refractivity contribution is -0.121. The predicted octanol–water partition coefficient (Wildman–Crippen LogP) is -0.0939. The van der Waals surface area contributed by atoms with Gasteiger partial charge in [-0.1, -0.05) is 0 Å². The van der Waals surface area contributed by atoms with Crippen LogP contribution in [0.2, 0.25) is 0 Å². The molecule has 0 aliphatic heterocycles. The average molecular weight is 230 g/mol. The Kier molecular flexibility index (Phi) is 6.37. The van der Waals surface area contributed by atoms with Crippen molar-refractivity contribution < 1.29 is 14.3 Å². The number of carbonyl (C=O) groups excluding carboxylic acids is 1. The van der Waals surface area contributed by atoms with Gasteiger partial charge in [-0.05, 0) is 12.8 Å². The van der Waals surface area contributed by atoms with Crippen LogP contribution in [-0.4, -0.2) is 52.0 Å². The van der Waals surface area contributed by atoms with E-state index in [2.05, 4.69) is 10.6 Å². The van der Waals surface area contributed by atoms with Crippen LogP contribution in [0.5, 0.6) is 0 Å². The molecular formula is C11H22N2O3. The van der Waals surface area contributed by atoms with Gasteiger partial charge in [0.2, 0.25) is 5.91 Å². The standard InChI is InChI=1S/C11H22N2O3/c1-15-6-5-13-11(14)3-4-12-9-7-10(8-9)16-2/h9-10,12H,3-8H2,1-2H3,(H,13,14). The van der Waals surface area contributed by atoms with E-state index < -0.39 is 0 Å². The molecule has 0 aromatic rings. The van der Waals surface area contributed by atoms with E-state index in [9.17, 15) is 4.79 Å². The van der Waals surface area contributed by atoms with Gasteiger partial charge in [0.25, 0.3) is 0 Å². The van der Waals surface area contributed by atoms with Crippen LogP contribution in [-0.2, 0) is 14.3 Å². The molecule has 0 spiro atoms. The van der Waals surface area contributed by atoms with Crippen molar-refractivity contribution in [1.82, 2.24) is 10.6 Å². The Balaban J connectivity index is 1.89. The fraction of sp³-hybridized carbons (Fsp3) is 0.909. The first-order valence-corrected chi connectivity index (χ1v) is 5.78. The summed E-state index contributed by atoms with van der Waals surface area (Å²) in [6.07, 6.45) is 3.05.